The van der Waals surface area contributed by atoms with Crippen LogP contribution in [0.25, 0.3) is 0 Å². The van der Waals surface area contributed by atoms with E-state index in [0.717, 1.165) is 48.4 Å². The van der Waals surface area contributed by atoms with Crippen LogP contribution in [0.2, 0.25) is 5.02 Å². The topological polar surface area (TPSA) is 18.5 Å². The van der Waals surface area contributed by atoms with Gasteiger partial charge < -0.3 is 15.1 Å². The molecule has 3 rings (SSSR count). The van der Waals surface area contributed by atoms with Crippen LogP contribution in [0.15, 0.2) is 48.5 Å². The molecule has 0 bridgehead atoms. The van der Waals surface area contributed by atoms with Gasteiger partial charge in [-0.1, -0.05) is 37.1 Å². The minimum absolute atomic E-state index is 0.776. The number of hydrogen-bond donors (Lipinski definition) is 1. The van der Waals surface area contributed by atoms with E-state index in [2.05, 4.69) is 58.4 Å². The Balaban J connectivity index is 1.49. The Bertz CT molecular complexity index is 707. The molecule has 1 aliphatic rings. The van der Waals surface area contributed by atoms with Crippen molar-refractivity contribution in [2.45, 2.75) is 26.2 Å². The predicted octanol–water partition coefficient (Wildman–Crippen LogP) is 5.20. The highest BCUT2D eigenvalue weighted by Gasteiger charge is 2.19. The average molecular weight is 388 g/mol. The number of anilines is 2. The van der Waals surface area contributed by atoms with Crippen LogP contribution in [0.5, 0.6) is 0 Å². The van der Waals surface area contributed by atoms with Gasteiger partial charge in [0.2, 0.25) is 0 Å². The van der Waals surface area contributed by atoms with Gasteiger partial charge in [-0.25, -0.2) is 0 Å². The van der Waals surface area contributed by atoms with E-state index in [-0.39, 0.29) is 0 Å². The monoisotopic (exact) mass is 387 g/mol. The maximum Gasteiger partial charge on any atom is 0.173 e. The van der Waals surface area contributed by atoms with Crippen molar-refractivity contribution < 1.29 is 0 Å². The van der Waals surface area contributed by atoms with Crippen molar-refractivity contribution in [1.29, 1.82) is 0 Å². The van der Waals surface area contributed by atoms with Crippen molar-refractivity contribution in [2.75, 3.05) is 36.4 Å². The Morgan fingerprint density at radius 2 is 1.65 bits per heavy atom. The lowest BCUT2D eigenvalue weighted by Crippen LogP contribution is -2.50. The van der Waals surface area contributed by atoms with Crippen LogP contribution in [-0.4, -0.2) is 36.2 Å². The summed E-state index contributed by atoms with van der Waals surface area (Å²) in [6.45, 7) is 5.98. The number of piperazine rings is 1. The molecule has 2 aromatic carbocycles. The maximum atomic E-state index is 5.97. The summed E-state index contributed by atoms with van der Waals surface area (Å²) in [6, 6.07) is 16.7. The number of nitrogens with one attached hydrogen (secondary N) is 1. The molecule has 0 aliphatic carbocycles. The van der Waals surface area contributed by atoms with Gasteiger partial charge in [0.1, 0.15) is 0 Å². The number of thiocarbonyl (C=S) groups is 1. The summed E-state index contributed by atoms with van der Waals surface area (Å²) >= 11 is 11.6. The fourth-order valence-electron chi connectivity index (χ4n) is 3.16. The molecule has 5 heteroatoms. The van der Waals surface area contributed by atoms with E-state index in [9.17, 15) is 0 Å². The van der Waals surface area contributed by atoms with Crippen molar-refractivity contribution in [3.05, 3.63) is 59.1 Å². The van der Waals surface area contributed by atoms with E-state index in [0.29, 0.717) is 0 Å². The van der Waals surface area contributed by atoms with E-state index in [1.165, 1.54) is 24.1 Å². The lowest BCUT2D eigenvalue weighted by molar-refractivity contribution is 0.391. The molecule has 0 radical (unpaired) electrons. The maximum absolute atomic E-state index is 5.97. The molecule has 3 nitrogen and oxygen atoms in total. The zero-order valence-electron chi connectivity index (χ0n) is 15.2. The highest BCUT2D eigenvalue weighted by molar-refractivity contribution is 7.80. The fraction of sp³-hybridized carbons (Fsp3) is 0.381. The van der Waals surface area contributed by atoms with Gasteiger partial charge >= 0.3 is 0 Å². The minimum Gasteiger partial charge on any atom is -0.368 e. The lowest BCUT2D eigenvalue weighted by atomic mass is 10.1. The van der Waals surface area contributed by atoms with Crippen LogP contribution in [0.3, 0.4) is 0 Å². The summed E-state index contributed by atoms with van der Waals surface area (Å²) < 4.78 is 0. The largest absolute Gasteiger partial charge is 0.368 e. The molecule has 1 heterocycles. The number of aryl methyl sites for hydroxylation is 1. The average Bonchev–Trinajstić information content (AvgIpc) is 2.68. The van der Waals surface area contributed by atoms with Crippen LogP contribution in [0.4, 0.5) is 11.4 Å². The normalized spacial score (nSPS) is 14.4. The van der Waals surface area contributed by atoms with Crippen LogP contribution >= 0.6 is 23.8 Å². The molecule has 138 valence electrons. The van der Waals surface area contributed by atoms with Crippen molar-refractivity contribution in [1.82, 2.24) is 4.90 Å². The molecule has 1 fully saturated rings. The Labute approximate surface area is 166 Å². The number of unbranched alkanes of at least 4 members (excludes halogenated alkanes) is 1. The molecule has 0 amide bonds. The molecule has 0 atom stereocenters. The Morgan fingerprint density at radius 1 is 1.00 bits per heavy atom. The molecule has 1 N–H and O–H groups in total. The van der Waals surface area contributed by atoms with Gasteiger partial charge in [0.25, 0.3) is 0 Å². The Hall–Kier alpha value is -1.78. The third-order valence-corrected chi connectivity index (χ3v) is 5.40. The third kappa shape index (κ3) is 5.12. The van der Waals surface area contributed by atoms with E-state index in [1.807, 2.05) is 12.1 Å². The summed E-state index contributed by atoms with van der Waals surface area (Å²) in [5, 5.41) is 4.96. The van der Waals surface area contributed by atoms with Crippen LogP contribution in [0, 0.1) is 0 Å². The standard InChI is InChI=1S/C21H26ClN3S/c1-2-3-4-17-5-9-19(10-6-17)23-21(26)25-15-13-24(14-16-25)20-11-7-18(22)8-12-20/h5-12H,2-4,13-16H2,1H3,(H,23,26). The molecule has 0 aromatic heterocycles. The van der Waals surface area contributed by atoms with Gasteiger partial charge in [0, 0.05) is 42.6 Å². The number of benzene rings is 2. The first-order valence-corrected chi connectivity index (χ1v) is 10.1. The molecule has 1 saturated heterocycles. The second kappa shape index (κ2) is 9.24. The van der Waals surface area contributed by atoms with Gasteiger partial charge in [-0.3, -0.25) is 0 Å². The highest BCUT2D eigenvalue weighted by atomic mass is 35.5. The first-order chi connectivity index (χ1) is 12.7. The third-order valence-electron chi connectivity index (χ3n) is 4.78. The lowest BCUT2D eigenvalue weighted by Gasteiger charge is -2.37. The first kappa shape index (κ1) is 19.0. The SMILES string of the molecule is CCCCc1ccc(NC(=S)N2CCN(c3ccc(Cl)cc3)CC2)cc1. The molecule has 0 unspecified atom stereocenters. The van der Waals surface area contributed by atoms with E-state index in [4.69, 9.17) is 23.8 Å². The second-order valence-corrected chi connectivity index (χ2v) is 7.50. The van der Waals surface area contributed by atoms with Gasteiger partial charge in [-0.05, 0) is 67.0 Å². The van der Waals surface area contributed by atoms with Crippen LogP contribution in [0.1, 0.15) is 25.3 Å². The summed E-state index contributed by atoms with van der Waals surface area (Å²) in [4.78, 5) is 4.62. The fourth-order valence-corrected chi connectivity index (χ4v) is 3.58. The van der Waals surface area contributed by atoms with Crippen molar-refractivity contribution in [3.8, 4) is 0 Å². The molecular weight excluding hydrogens is 362 g/mol. The summed E-state index contributed by atoms with van der Waals surface area (Å²) in [7, 11) is 0. The molecule has 0 saturated carbocycles. The number of rotatable bonds is 5. The summed E-state index contributed by atoms with van der Waals surface area (Å²) in [6.07, 6.45) is 3.61. The van der Waals surface area contributed by atoms with Crippen molar-refractivity contribution >= 4 is 40.3 Å². The number of nitrogens with zero attached hydrogens (tertiary/aromatic N) is 2. The summed E-state index contributed by atoms with van der Waals surface area (Å²) in [5.41, 5.74) is 3.67. The zero-order chi connectivity index (χ0) is 18.4. The quantitative estimate of drug-likeness (QED) is 0.710. The van der Waals surface area contributed by atoms with E-state index >= 15 is 0 Å². The van der Waals surface area contributed by atoms with Gasteiger partial charge in [0.15, 0.2) is 5.11 Å². The van der Waals surface area contributed by atoms with E-state index in [1.54, 1.807) is 0 Å². The molecule has 2 aromatic rings. The van der Waals surface area contributed by atoms with Crippen molar-refractivity contribution in [2.24, 2.45) is 0 Å². The number of halogens is 1. The Morgan fingerprint density at radius 3 is 2.27 bits per heavy atom. The Kier molecular flexibility index (Phi) is 6.75. The minimum atomic E-state index is 0.776. The molecule has 26 heavy (non-hydrogen) atoms. The molecule has 1 aliphatic heterocycles. The molecular formula is C21H26ClN3S. The predicted molar refractivity (Wildman–Crippen MR) is 117 cm³/mol. The van der Waals surface area contributed by atoms with Crippen LogP contribution < -0.4 is 10.2 Å². The van der Waals surface area contributed by atoms with Gasteiger partial charge in [-0.15, -0.1) is 0 Å². The molecule has 0 spiro atoms. The highest BCUT2D eigenvalue weighted by Crippen LogP contribution is 2.20. The van der Waals surface area contributed by atoms with Gasteiger partial charge in [0.05, 0.1) is 0 Å². The van der Waals surface area contributed by atoms with Crippen LogP contribution in [-0.2, 0) is 6.42 Å². The van der Waals surface area contributed by atoms with Crippen molar-refractivity contribution in [3.63, 3.8) is 0 Å². The summed E-state index contributed by atoms with van der Waals surface area (Å²) in [5.74, 6) is 0. The van der Waals surface area contributed by atoms with E-state index < -0.39 is 0 Å². The zero-order valence-corrected chi connectivity index (χ0v) is 16.8. The second-order valence-electron chi connectivity index (χ2n) is 6.68. The number of hydrogen-bond acceptors (Lipinski definition) is 2. The first-order valence-electron chi connectivity index (χ1n) is 9.31. The smallest absolute Gasteiger partial charge is 0.173 e. The van der Waals surface area contributed by atoms with Gasteiger partial charge in [-0.2, -0.15) is 0 Å².